The summed E-state index contributed by atoms with van der Waals surface area (Å²) >= 11 is 0. The summed E-state index contributed by atoms with van der Waals surface area (Å²) in [6.45, 7) is 2.58. The summed E-state index contributed by atoms with van der Waals surface area (Å²) in [5, 5.41) is 0. The third-order valence-electron chi connectivity index (χ3n) is 2.53. The van der Waals surface area contributed by atoms with E-state index in [4.69, 9.17) is 5.73 Å². The summed E-state index contributed by atoms with van der Waals surface area (Å²) in [6.07, 6.45) is 1.81. The molecular formula is C13H14N2. The molecule has 2 rings (SSSR count). The molecule has 0 radical (unpaired) electrons. The average molecular weight is 198 g/mol. The number of nitrogens with two attached hydrogens (primary N) is 1. The van der Waals surface area contributed by atoms with Crippen molar-refractivity contribution in [1.82, 2.24) is 4.98 Å². The molecule has 1 aromatic heterocycles. The number of nitrogens with zero attached hydrogens (tertiary/aromatic N) is 1. The van der Waals surface area contributed by atoms with E-state index in [2.05, 4.69) is 23.2 Å². The number of aromatic nitrogens is 1. The highest BCUT2D eigenvalue weighted by atomic mass is 14.7. The molecule has 0 saturated carbocycles. The first kappa shape index (κ1) is 9.87. The fourth-order valence-electron chi connectivity index (χ4n) is 1.73. The maximum Gasteiger partial charge on any atom is 0.0451 e. The van der Waals surface area contributed by atoms with E-state index >= 15 is 0 Å². The molecule has 0 aliphatic heterocycles. The normalized spacial score (nSPS) is 10.3. The van der Waals surface area contributed by atoms with Crippen LogP contribution in [0.5, 0.6) is 0 Å². The van der Waals surface area contributed by atoms with Gasteiger partial charge in [-0.3, -0.25) is 4.98 Å². The molecule has 0 unspecified atom stereocenters. The summed E-state index contributed by atoms with van der Waals surface area (Å²) < 4.78 is 0. The van der Waals surface area contributed by atoms with E-state index in [1.807, 2.05) is 31.3 Å². The van der Waals surface area contributed by atoms with E-state index in [0.29, 0.717) is 6.54 Å². The van der Waals surface area contributed by atoms with Gasteiger partial charge < -0.3 is 5.73 Å². The van der Waals surface area contributed by atoms with Crippen molar-refractivity contribution in [3.8, 4) is 11.1 Å². The summed E-state index contributed by atoms with van der Waals surface area (Å²) in [5.74, 6) is 0. The van der Waals surface area contributed by atoms with Crippen molar-refractivity contribution in [3.63, 3.8) is 0 Å². The molecule has 2 heteroatoms. The molecule has 0 atom stereocenters. The van der Waals surface area contributed by atoms with Crippen LogP contribution in [0.1, 0.15) is 11.3 Å². The minimum absolute atomic E-state index is 0.560. The molecule has 0 bridgehead atoms. The van der Waals surface area contributed by atoms with Crippen LogP contribution in [0.15, 0.2) is 42.6 Å². The molecule has 76 valence electrons. The van der Waals surface area contributed by atoms with Crippen molar-refractivity contribution >= 4 is 0 Å². The van der Waals surface area contributed by atoms with Crippen molar-refractivity contribution in [2.45, 2.75) is 13.5 Å². The minimum atomic E-state index is 0.560. The predicted molar refractivity (Wildman–Crippen MR) is 62.3 cm³/mol. The molecule has 2 N–H and O–H groups in total. The SMILES string of the molecule is Cc1ncccc1-c1ccccc1CN. The standard InChI is InChI=1S/C13H14N2/c1-10-12(7-4-8-15-10)13-6-3-2-5-11(13)9-14/h2-8H,9,14H2,1H3. The Morgan fingerprint density at radius 1 is 1.07 bits per heavy atom. The van der Waals surface area contributed by atoms with Crippen LogP contribution in [0.3, 0.4) is 0 Å². The van der Waals surface area contributed by atoms with Gasteiger partial charge in [-0.25, -0.2) is 0 Å². The zero-order valence-electron chi connectivity index (χ0n) is 8.77. The summed E-state index contributed by atoms with van der Waals surface area (Å²) in [6, 6.07) is 12.2. The van der Waals surface area contributed by atoms with Gasteiger partial charge in [0.15, 0.2) is 0 Å². The van der Waals surface area contributed by atoms with Crippen LogP contribution in [-0.2, 0) is 6.54 Å². The second kappa shape index (κ2) is 4.24. The van der Waals surface area contributed by atoms with Crippen molar-refractivity contribution in [2.24, 2.45) is 5.73 Å². The predicted octanol–water partition coefficient (Wildman–Crippen LogP) is 2.52. The first-order chi connectivity index (χ1) is 7.33. The molecule has 2 nitrogen and oxygen atoms in total. The fourth-order valence-corrected chi connectivity index (χ4v) is 1.73. The molecule has 0 spiro atoms. The molecule has 1 heterocycles. The average Bonchev–Trinajstić information content (AvgIpc) is 2.30. The van der Waals surface area contributed by atoms with Crippen molar-refractivity contribution in [3.05, 3.63) is 53.9 Å². The third-order valence-corrected chi connectivity index (χ3v) is 2.53. The summed E-state index contributed by atoms with van der Waals surface area (Å²) in [4.78, 5) is 4.29. The topological polar surface area (TPSA) is 38.9 Å². The van der Waals surface area contributed by atoms with E-state index in [9.17, 15) is 0 Å². The van der Waals surface area contributed by atoms with Gasteiger partial charge in [0.05, 0.1) is 0 Å². The Morgan fingerprint density at radius 3 is 2.53 bits per heavy atom. The number of hydrogen-bond donors (Lipinski definition) is 1. The Labute approximate surface area is 89.8 Å². The van der Waals surface area contributed by atoms with Crippen LogP contribution in [0.2, 0.25) is 0 Å². The van der Waals surface area contributed by atoms with Gasteiger partial charge in [-0.05, 0) is 24.1 Å². The zero-order valence-corrected chi connectivity index (χ0v) is 8.77. The maximum atomic E-state index is 5.72. The van der Waals surface area contributed by atoms with Crippen molar-refractivity contribution in [1.29, 1.82) is 0 Å². The van der Waals surface area contributed by atoms with Crippen LogP contribution in [0.25, 0.3) is 11.1 Å². The van der Waals surface area contributed by atoms with Crippen LogP contribution >= 0.6 is 0 Å². The highest BCUT2D eigenvalue weighted by Crippen LogP contribution is 2.24. The van der Waals surface area contributed by atoms with Gasteiger partial charge in [0.1, 0.15) is 0 Å². The molecule has 1 aromatic carbocycles. The van der Waals surface area contributed by atoms with Crippen LogP contribution in [-0.4, -0.2) is 4.98 Å². The van der Waals surface area contributed by atoms with Crippen LogP contribution < -0.4 is 5.73 Å². The number of rotatable bonds is 2. The maximum absolute atomic E-state index is 5.72. The van der Waals surface area contributed by atoms with Gasteiger partial charge in [-0.1, -0.05) is 30.3 Å². The lowest BCUT2D eigenvalue weighted by Gasteiger charge is -2.09. The molecule has 0 amide bonds. The summed E-state index contributed by atoms with van der Waals surface area (Å²) in [7, 11) is 0. The molecule has 0 fully saturated rings. The summed E-state index contributed by atoms with van der Waals surface area (Å²) in [5.41, 5.74) is 10.3. The van der Waals surface area contributed by atoms with E-state index in [1.54, 1.807) is 0 Å². The van der Waals surface area contributed by atoms with Crippen LogP contribution in [0.4, 0.5) is 0 Å². The highest BCUT2D eigenvalue weighted by Gasteiger charge is 2.05. The second-order valence-corrected chi connectivity index (χ2v) is 3.50. The minimum Gasteiger partial charge on any atom is -0.326 e. The number of aryl methyl sites for hydroxylation is 1. The number of hydrogen-bond acceptors (Lipinski definition) is 2. The third kappa shape index (κ3) is 1.90. The Balaban J connectivity index is 2.59. The molecule has 2 aromatic rings. The van der Waals surface area contributed by atoms with Gasteiger partial charge in [0.25, 0.3) is 0 Å². The van der Waals surface area contributed by atoms with Crippen molar-refractivity contribution < 1.29 is 0 Å². The largest absolute Gasteiger partial charge is 0.326 e. The van der Waals surface area contributed by atoms with E-state index in [-0.39, 0.29) is 0 Å². The quantitative estimate of drug-likeness (QED) is 0.805. The van der Waals surface area contributed by atoms with Gasteiger partial charge in [-0.2, -0.15) is 0 Å². The van der Waals surface area contributed by atoms with Gasteiger partial charge in [-0.15, -0.1) is 0 Å². The van der Waals surface area contributed by atoms with Crippen LogP contribution in [0, 0.1) is 6.92 Å². The molecule has 15 heavy (non-hydrogen) atoms. The highest BCUT2D eigenvalue weighted by molar-refractivity contribution is 5.69. The number of benzene rings is 1. The van der Waals surface area contributed by atoms with E-state index in [0.717, 1.165) is 11.3 Å². The van der Waals surface area contributed by atoms with Gasteiger partial charge in [0.2, 0.25) is 0 Å². The lowest BCUT2D eigenvalue weighted by atomic mass is 9.99. The lowest BCUT2D eigenvalue weighted by Crippen LogP contribution is -1.99. The number of pyridine rings is 1. The Bertz CT molecular complexity index is 464. The van der Waals surface area contributed by atoms with E-state index < -0.39 is 0 Å². The van der Waals surface area contributed by atoms with E-state index in [1.165, 1.54) is 11.1 Å². The first-order valence-corrected chi connectivity index (χ1v) is 5.03. The zero-order chi connectivity index (χ0) is 10.7. The second-order valence-electron chi connectivity index (χ2n) is 3.50. The Hall–Kier alpha value is -1.67. The molecule has 0 aliphatic rings. The smallest absolute Gasteiger partial charge is 0.0451 e. The monoisotopic (exact) mass is 198 g/mol. The first-order valence-electron chi connectivity index (χ1n) is 5.03. The Morgan fingerprint density at radius 2 is 1.80 bits per heavy atom. The Kier molecular flexibility index (Phi) is 2.79. The molecule has 0 saturated heterocycles. The molecule has 0 aliphatic carbocycles. The lowest BCUT2D eigenvalue weighted by molar-refractivity contribution is 1.07. The fraction of sp³-hybridized carbons (Fsp3) is 0.154. The van der Waals surface area contributed by atoms with Gasteiger partial charge >= 0.3 is 0 Å². The molecular weight excluding hydrogens is 184 g/mol. The van der Waals surface area contributed by atoms with Gasteiger partial charge in [0, 0.05) is 24.0 Å². The van der Waals surface area contributed by atoms with Crippen molar-refractivity contribution in [2.75, 3.05) is 0 Å².